The van der Waals surface area contributed by atoms with Gasteiger partial charge in [0.15, 0.2) is 11.9 Å². The number of Topliss-reactive ketones (excluding diaryl/α,β-unsaturated/α-hetero) is 1. The van der Waals surface area contributed by atoms with Gasteiger partial charge in [0.25, 0.3) is 0 Å². The Hall–Kier alpha value is -1.42. The third kappa shape index (κ3) is 26.0. The van der Waals surface area contributed by atoms with Crippen molar-refractivity contribution in [2.45, 2.75) is 155 Å². The summed E-state index contributed by atoms with van der Waals surface area (Å²) in [5.41, 5.74) is 0. The number of hydrogen-bond donors (Lipinski definition) is 0. The average molecular weight is 520 g/mol. The van der Waals surface area contributed by atoms with E-state index in [1.54, 1.807) is 0 Å². The molecular weight excluding hydrogens is 458 g/mol. The number of carbonyl (C=O) groups is 2. The second-order valence-corrected chi connectivity index (χ2v) is 10.9. The molecule has 0 saturated carbocycles. The van der Waals surface area contributed by atoms with E-state index in [4.69, 9.17) is 4.74 Å². The maximum atomic E-state index is 12.9. The summed E-state index contributed by atoms with van der Waals surface area (Å²) in [6, 6.07) is 0. The van der Waals surface area contributed by atoms with Crippen LogP contribution in [0.3, 0.4) is 0 Å². The Morgan fingerprint density at radius 2 is 1.19 bits per heavy atom. The first-order valence-corrected chi connectivity index (χ1v) is 15.7. The molecule has 0 spiro atoms. The first-order chi connectivity index (χ1) is 18.0. The second kappa shape index (κ2) is 27.6. The zero-order chi connectivity index (χ0) is 27.4. The molecule has 0 radical (unpaired) electrons. The van der Waals surface area contributed by atoms with Crippen molar-refractivity contribution in [2.75, 3.05) is 20.6 Å². The third-order valence-electron chi connectivity index (χ3n) is 6.81. The Labute approximate surface area is 230 Å². The van der Waals surface area contributed by atoms with Crippen molar-refractivity contribution < 1.29 is 14.3 Å². The SMILES string of the molecule is CCCCCC=CCC=CCCCCCCCC(=O)C(CCCCCCCC)OC(=O)CCCN(C)C. The lowest BCUT2D eigenvalue weighted by Crippen LogP contribution is -2.27. The van der Waals surface area contributed by atoms with Crippen LogP contribution in [-0.2, 0) is 14.3 Å². The van der Waals surface area contributed by atoms with Gasteiger partial charge in [0.2, 0.25) is 0 Å². The van der Waals surface area contributed by atoms with Gasteiger partial charge in [0.1, 0.15) is 0 Å². The van der Waals surface area contributed by atoms with Crippen LogP contribution >= 0.6 is 0 Å². The largest absolute Gasteiger partial charge is 0.454 e. The van der Waals surface area contributed by atoms with Gasteiger partial charge in [0.05, 0.1) is 0 Å². The van der Waals surface area contributed by atoms with Crippen LogP contribution in [0.5, 0.6) is 0 Å². The number of ketones is 1. The summed E-state index contributed by atoms with van der Waals surface area (Å²) in [5, 5.41) is 0. The van der Waals surface area contributed by atoms with E-state index in [0.717, 1.165) is 51.5 Å². The first-order valence-electron chi connectivity index (χ1n) is 15.7. The molecule has 1 unspecified atom stereocenters. The van der Waals surface area contributed by atoms with E-state index in [-0.39, 0.29) is 11.8 Å². The fourth-order valence-corrected chi connectivity index (χ4v) is 4.42. The van der Waals surface area contributed by atoms with Gasteiger partial charge >= 0.3 is 5.97 Å². The molecule has 1 atom stereocenters. The minimum Gasteiger partial charge on any atom is -0.454 e. The molecule has 0 aromatic heterocycles. The molecule has 37 heavy (non-hydrogen) atoms. The molecule has 0 saturated heterocycles. The van der Waals surface area contributed by atoms with Crippen LogP contribution in [0.25, 0.3) is 0 Å². The summed E-state index contributed by atoms with van der Waals surface area (Å²) in [6.45, 7) is 5.32. The average Bonchev–Trinajstić information content (AvgIpc) is 2.87. The van der Waals surface area contributed by atoms with Crippen molar-refractivity contribution in [3.63, 3.8) is 0 Å². The molecule has 0 rings (SSSR count). The number of unbranched alkanes of at least 4 members (excludes halogenated alkanes) is 13. The Bertz CT molecular complexity index is 582. The number of esters is 1. The molecular formula is C33H61NO3. The molecule has 0 fully saturated rings. The molecule has 0 amide bonds. The van der Waals surface area contributed by atoms with Gasteiger partial charge in [0, 0.05) is 12.8 Å². The van der Waals surface area contributed by atoms with E-state index in [1.165, 1.54) is 70.6 Å². The van der Waals surface area contributed by atoms with E-state index < -0.39 is 6.10 Å². The van der Waals surface area contributed by atoms with Crippen LogP contribution in [0.15, 0.2) is 24.3 Å². The third-order valence-corrected chi connectivity index (χ3v) is 6.81. The predicted octanol–water partition coefficient (Wildman–Crippen LogP) is 9.37. The number of carbonyl (C=O) groups excluding carboxylic acids is 2. The second-order valence-electron chi connectivity index (χ2n) is 10.9. The summed E-state index contributed by atoms with van der Waals surface area (Å²) in [6.07, 6.45) is 31.0. The predicted molar refractivity (Wildman–Crippen MR) is 160 cm³/mol. The fraction of sp³-hybridized carbons (Fsp3) is 0.818. The van der Waals surface area contributed by atoms with Gasteiger partial charge in [-0.25, -0.2) is 0 Å². The smallest absolute Gasteiger partial charge is 0.306 e. The van der Waals surface area contributed by atoms with E-state index in [9.17, 15) is 9.59 Å². The Kier molecular flexibility index (Phi) is 26.6. The molecule has 0 bridgehead atoms. The van der Waals surface area contributed by atoms with Gasteiger partial charge in [-0.1, -0.05) is 102 Å². The highest BCUT2D eigenvalue weighted by molar-refractivity contribution is 5.85. The van der Waals surface area contributed by atoms with E-state index in [1.807, 2.05) is 14.1 Å². The molecule has 0 aliphatic carbocycles. The maximum absolute atomic E-state index is 12.9. The Balaban J connectivity index is 4.09. The van der Waals surface area contributed by atoms with Gasteiger partial charge in [-0.2, -0.15) is 0 Å². The molecule has 4 nitrogen and oxygen atoms in total. The fourth-order valence-electron chi connectivity index (χ4n) is 4.42. The van der Waals surface area contributed by atoms with Crippen molar-refractivity contribution in [1.82, 2.24) is 4.90 Å². The molecule has 0 aromatic rings. The van der Waals surface area contributed by atoms with Crippen molar-refractivity contribution in [3.05, 3.63) is 24.3 Å². The van der Waals surface area contributed by atoms with E-state index in [0.29, 0.717) is 19.3 Å². The number of ether oxygens (including phenoxy) is 1. The highest BCUT2D eigenvalue weighted by Crippen LogP contribution is 2.16. The monoisotopic (exact) mass is 519 g/mol. The minimum atomic E-state index is -0.538. The zero-order valence-corrected chi connectivity index (χ0v) is 25.1. The van der Waals surface area contributed by atoms with E-state index in [2.05, 4.69) is 43.1 Å². The van der Waals surface area contributed by atoms with Crippen LogP contribution in [0, 0.1) is 0 Å². The van der Waals surface area contributed by atoms with E-state index >= 15 is 0 Å². The highest BCUT2D eigenvalue weighted by Gasteiger charge is 2.22. The van der Waals surface area contributed by atoms with Gasteiger partial charge < -0.3 is 9.64 Å². The molecule has 0 heterocycles. The van der Waals surface area contributed by atoms with Gasteiger partial charge in [-0.15, -0.1) is 0 Å². The highest BCUT2D eigenvalue weighted by atomic mass is 16.5. The number of nitrogens with zero attached hydrogens (tertiary/aromatic N) is 1. The Morgan fingerprint density at radius 1 is 0.649 bits per heavy atom. The number of rotatable bonds is 27. The number of hydrogen-bond acceptors (Lipinski definition) is 4. The van der Waals surface area contributed by atoms with Crippen LogP contribution in [0.4, 0.5) is 0 Å². The van der Waals surface area contributed by atoms with Crippen LogP contribution in [-0.4, -0.2) is 43.4 Å². The van der Waals surface area contributed by atoms with Crippen LogP contribution in [0.2, 0.25) is 0 Å². The maximum Gasteiger partial charge on any atom is 0.306 e. The molecule has 216 valence electrons. The zero-order valence-electron chi connectivity index (χ0n) is 25.1. The van der Waals surface area contributed by atoms with Crippen molar-refractivity contribution in [2.24, 2.45) is 0 Å². The quantitative estimate of drug-likeness (QED) is 0.0616. The molecule has 0 N–H and O–H groups in total. The van der Waals surface area contributed by atoms with Crippen molar-refractivity contribution in [3.8, 4) is 0 Å². The van der Waals surface area contributed by atoms with Crippen LogP contribution in [0.1, 0.15) is 149 Å². The summed E-state index contributed by atoms with van der Waals surface area (Å²) in [4.78, 5) is 27.3. The molecule has 0 aliphatic heterocycles. The topological polar surface area (TPSA) is 46.6 Å². The summed E-state index contributed by atoms with van der Waals surface area (Å²) in [7, 11) is 4.00. The summed E-state index contributed by atoms with van der Waals surface area (Å²) >= 11 is 0. The van der Waals surface area contributed by atoms with Crippen LogP contribution < -0.4 is 0 Å². The Morgan fingerprint density at radius 3 is 1.84 bits per heavy atom. The van der Waals surface area contributed by atoms with Gasteiger partial charge in [-0.3, -0.25) is 9.59 Å². The molecule has 0 aromatic carbocycles. The lowest BCUT2D eigenvalue weighted by Gasteiger charge is -2.17. The normalized spacial score (nSPS) is 12.7. The van der Waals surface area contributed by atoms with Gasteiger partial charge in [-0.05, 0) is 78.4 Å². The first kappa shape index (κ1) is 35.6. The lowest BCUT2D eigenvalue weighted by molar-refractivity contribution is -0.155. The molecule has 4 heteroatoms. The summed E-state index contributed by atoms with van der Waals surface area (Å²) < 4.78 is 5.68. The van der Waals surface area contributed by atoms with Crippen molar-refractivity contribution >= 4 is 11.8 Å². The summed E-state index contributed by atoms with van der Waals surface area (Å²) in [5.74, 6) is -0.0913. The minimum absolute atomic E-state index is 0.125. The standard InChI is InChI=1S/C33H61NO3/c1-5-7-9-11-13-14-15-16-17-18-19-20-21-22-24-27-31(35)32(28-25-23-12-10-8-6-2)37-33(36)29-26-30-34(3)4/h13-14,16-17,32H,5-12,15,18-30H2,1-4H3. The van der Waals surface area contributed by atoms with Crippen molar-refractivity contribution in [1.29, 1.82) is 0 Å². The number of allylic oxidation sites excluding steroid dienone is 4. The lowest BCUT2D eigenvalue weighted by atomic mass is 10.0. The molecule has 0 aliphatic rings.